The highest BCUT2D eigenvalue weighted by atomic mass is 32.2. The van der Waals surface area contributed by atoms with E-state index >= 15 is 0 Å². The molecule has 168 valence electrons. The Morgan fingerprint density at radius 3 is 2.72 bits per heavy atom. The van der Waals surface area contributed by atoms with Crippen LogP contribution in [-0.2, 0) is 10.0 Å². The average molecular weight is 481 g/mol. The van der Waals surface area contributed by atoms with Crippen LogP contribution in [0.5, 0.6) is 10.8 Å². The normalized spacial score (nSPS) is 14.6. The Kier molecular flexibility index (Phi) is 6.09. The molecule has 0 atom stereocenters. The summed E-state index contributed by atoms with van der Waals surface area (Å²) >= 11 is 1.04. The summed E-state index contributed by atoms with van der Waals surface area (Å²) in [5, 5.41) is 3.19. The molecule has 8 nitrogen and oxygen atoms in total. The van der Waals surface area contributed by atoms with Crippen molar-refractivity contribution in [1.82, 2.24) is 9.29 Å². The van der Waals surface area contributed by atoms with Crippen molar-refractivity contribution >= 4 is 38.2 Å². The van der Waals surface area contributed by atoms with Crippen molar-refractivity contribution in [3.05, 3.63) is 60.5 Å². The number of aromatic nitrogens is 1. The van der Waals surface area contributed by atoms with Crippen molar-refractivity contribution in [3.63, 3.8) is 0 Å². The second kappa shape index (κ2) is 8.81. The lowest BCUT2D eigenvalue weighted by Gasteiger charge is -2.33. The number of hydrogen-bond donors (Lipinski definition) is 1. The third kappa shape index (κ3) is 4.71. The van der Waals surface area contributed by atoms with Gasteiger partial charge in [0.2, 0.25) is 15.1 Å². The van der Waals surface area contributed by atoms with E-state index in [1.54, 1.807) is 12.1 Å². The summed E-state index contributed by atoms with van der Waals surface area (Å²) in [5.41, 5.74) is 0.327. The second-order valence-corrected chi connectivity index (χ2v) is 9.88. The molecule has 0 aliphatic carbocycles. The van der Waals surface area contributed by atoms with E-state index in [0.717, 1.165) is 15.6 Å². The fraction of sp³-hybridized carbons (Fsp3) is 0.200. The summed E-state index contributed by atoms with van der Waals surface area (Å²) in [6.07, 6.45) is 0.235. The summed E-state index contributed by atoms with van der Waals surface area (Å²) < 4.78 is 58.0. The van der Waals surface area contributed by atoms with Gasteiger partial charge in [-0.25, -0.2) is 27.0 Å². The molecule has 2 aromatic carbocycles. The highest BCUT2D eigenvalue weighted by Crippen LogP contribution is 2.31. The van der Waals surface area contributed by atoms with Crippen LogP contribution >= 0.6 is 11.3 Å². The van der Waals surface area contributed by atoms with Crippen molar-refractivity contribution in [2.24, 2.45) is 0 Å². The molecule has 1 saturated heterocycles. The SMILES string of the molecule is CN(C(=O)Nc1ncc(Oc2cccc(F)c2)s1)c1cccc(S(=O)(=O)N2CC(F)C2)c1. The first-order chi connectivity index (χ1) is 15.2. The van der Waals surface area contributed by atoms with Gasteiger partial charge in [-0.15, -0.1) is 0 Å². The Morgan fingerprint density at radius 2 is 2.00 bits per heavy atom. The smallest absolute Gasteiger partial charge is 0.327 e. The predicted molar refractivity (Wildman–Crippen MR) is 116 cm³/mol. The number of halogens is 2. The van der Waals surface area contributed by atoms with Crippen LogP contribution in [-0.4, -0.2) is 50.0 Å². The number of urea groups is 1. The number of ether oxygens (including phenoxy) is 1. The van der Waals surface area contributed by atoms with Gasteiger partial charge in [-0.05, 0) is 30.3 Å². The maximum absolute atomic E-state index is 13.3. The minimum absolute atomic E-state index is 0.0263. The van der Waals surface area contributed by atoms with E-state index in [9.17, 15) is 22.0 Å². The van der Waals surface area contributed by atoms with Crippen molar-refractivity contribution in [2.45, 2.75) is 11.1 Å². The quantitative estimate of drug-likeness (QED) is 0.574. The number of rotatable bonds is 6. The predicted octanol–water partition coefficient (Wildman–Crippen LogP) is 4.09. The zero-order valence-electron chi connectivity index (χ0n) is 16.7. The number of amides is 2. The van der Waals surface area contributed by atoms with Crippen molar-refractivity contribution in [2.75, 3.05) is 30.4 Å². The number of hydrogen-bond acceptors (Lipinski definition) is 6. The highest BCUT2D eigenvalue weighted by Gasteiger charge is 2.37. The number of thiazole rings is 1. The summed E-state index contributed by atoms with van der Waals surface area (Å²) in [5.74, 6) is -0.145. The Balaban J connectivity index is 1.43. The van der Waals surface area contributed by atoms with Gasteiger partial charge >= 0.3 is 6.03 Å². The molecule has 1 fully saturated rings. The zero-order chi connectivity index (χ0) is 22.9. The molecule has 1 aromatic heterocycles. The molecule has 0 radical (unpaired) electrons. The fourth-order valence-corrected chi connectivity index (χ4v) is 5.10. The van der Waals surface area contributed by atoms with E-state index in [4.69, 9.17) is 4.74 Å². The molecule has 1 aliphatic heterocycles. The molecule has 4 rings (SSSR count). The number of alkyl halides is 1. The van der Waals surface area contributed by atoms with Crippen molar-refractivity contribution in [1.29, 1.82) is 0 Å². The van der Waals surface area contributed by atoms with Crippen LogP contribution in [0.25, 0.3) is 0 Å². The van der Waals surface area contributed by atoms with Gasteiger partial charge in [-0.1, -0.05) is 23.5 Å². The van der Waals surface area contributed by atoms with Crippen LogP contribution in [0.15, 0.2) is 59.6 Å². The number of carbonyl (C=O) groups is 1. The van der Waals surface area contributed by atoms with Crippen molar-refractivity contribution in [3.8, 4) is 10.8 Å². The molecule has 2 heterocycles. The molecule has 1 N–H and O–H groups in total. The topological polar surface area (TPSA) is 91.8 Å². The van der Waals surface area contributed by atoms with Crippen LogP contribution in [0.1, 0.15) is 0 Å². The third-order valence-corrected chi connectivity index (χ3v) is 7.28. The Morgan fingerprint density at radius 1 is 1.25 bits per heavy atom. The lowest BCUT2D eigenvalue weighted by atomic mass is 10.3. The number of benzene rings is 2. The van der Waals surface area contributed by atoms with E-state index in [1.807, 2.05) is 0 Å². The van der Waals surface area contributed by atoms with Gasteiger partial charge in [0.15, 0.2) is 5.13 Å². The lowest BCUT2D eigenvalue weighted by Crippen LogP contribution is -2.51. The van der Waals surface area contributed by atoms with Gasteiger partial charge in [0.1, 0.15) is 17.7 Å². The number of anilines is 2. The first-order valence-electron chi connectivity index (χ1n) is 9.40. The largest absolute Gasteiger partial charge is 0.445 e. The maximum atomic E-state index is 13.3. The van der Waals surface area contributed by atoms with E-state index in [2.05, 4.69) is 10.3 Å². The van der Waals surface area contributed by atoms with E-state index in [1.165, 1.54) is 54.5 Å². The standard InChI is InChI=1S/C20H18F2N4O4S2/c1-25(15-5-3-7-17(9-15)32(28,29)26-11-14(22)12-26)20(27)24-19-23-10-18(31-19)30-16-6-2-4-13(21)8-16/h2-10,14H,11-12H2,1H3,(H,23,24,27). The van der Waals surface area contributed by atoms with Gasteiger partial charge in [0.05, 0.1) is 11.1 Å². The Hall–Kier alpha value is -3.09. The van der Waals surface area contributed by atoms with Crippen LogP contribution in [0, 0.1) is 5.82 Å². The van der Waals surface area contributed by atoms with Crippen molar-refractivity contribution < 1.29 is 26.7 Å². The zero-order valence-corrected chi connectivity index (χ0v) is 18.4. The number of nitrogens with one attached hydrogen (secondary N) is 1. The highest BCUT2D eigenvalue weighted by molar-refractivity contribution is 7.89. The summed E-state index contributed by atoms with van der Waals surface area (Å²) in [7, 11) is -2.35. The minimum atomic E-state index is -3.82. The molecular formula is C20H18F2N4O4S2. The van der Waals surface area contributed by atoms with E-state index < -0.39 is 28.0 Å². The van der Waals surface area contributed by atoms with Crippen LogP contribution < -0.4 is 15.0 Å². The first kappa shape index (κ1) is 22.1. The van der Waals surface area contributed by atoms with Gasteiger partial charge in [-0.3, -0.25) is 10.2 Å². The number of carbonyl (C=O) groups excluding carboxylic acids is 1. The average Bonchev–Trinajstić information content (AvgIpc) is 3.17. The van der Waals surface area contributed by atoms with Crippen LogP contribution in [0.2, 0.25) is 0 Å². The van der Waals surface area contributed by atoms with Gasteiger partial charge in [0.25, 0.3) is 0 Å². The molecule has 0 spiro atoms. The molecule has 3 aromatic rings. The lowest BCUT2D eigenvalue weighted by molar-refractivity contribution is 0.141. The second-order valence-electron chi connectivity index (χ2n) is 6.95. The molecule has 0 bridgehead atoms. The summed E-state index contributed by atoms with van der Waals surface area (Å²) in [4.78, 5) is 17.9. The minimum Gasteiger partial charge on any atom is -0.445 e. The fourth-order valence-electron chi connectivity index (χ4n) is 2.89. The van der Waals surface area contributed by atoms with Gasteiger partial charge < -0.3 is 4.74 Å². The monoisotopic (exact) mass is 480 g/mol. The molecule has 1 aliphatic rings. The number of nitrogens with zero attached hydrogens (tertiary/aromatic N) is 3. The van der Waals surface area contributed by atoms with Gasteiger partial charge in [-0.2, -0.15) is 4.31 Å². The Bertz CT molecular complexity index is 1250. The Labute approximate surface area is 187 Å². The molecule has 0 unspecified atom stereocenters. The van der Waals surface area contributed by atoms with E-state index in [0.29, 0.717) is 16.5 Å². The third-order valence-electron chi connectivity index (χ3n) is 4.66. The first-order valence-corrected chi connectivity index (χ1v) is 11.7. The van der Waals surface area contributed by atoms with Crippen LogP contribution in [0.4, 0.5) is 24.4 Å². The van der Waals surface area contributed by atoms with Crippen LogP contribution in [0.3, 0.4) is 0 Å². The molecular weight excluding hydrogens is 462 g/mol. The molecule has 0 saturated carbocycles. The summed E-state index contributed by atoms with van der Waals surface area (Å²) in [6, 6.07) is 10.9. The summed E-state index contributed by atoms with van der Waals surface area (Å²) in [6.45, 7) is -0.347. The number of sulfonamides is 1. The van der Waals surface area contributed by atoms with Gasteiger partial charge in [0, 0.05) is 31.9 Å². The molecule has 12 heteroatoms. The maximum Gasteiger partial charge on any atom is 0.327 e. The molecule has 2 amide bonds. The molecule has 32 heavy (non-hydrogen) atoms. The van der Waals surface area contributed by atoms with E-state index in [-0.39, 0.29) is 23.1 Å².